The number of nitrogens with zero attached hydrogens (tertiary/aromatic N) is 4. The van der Waals surface area contributed by atoms with Gasteiger partial charge in [0.05, 0.1) is 64.6 Å². The number of aromatic carboxylic acids is 1. The molecule has 5 aromatic rings. The third kappa shape index (κ3) is 6.22. The fourth-order valence-corrected chi connectivity index (χ4v) is 5.96. The van der Waals surface area contributed by atoms with Crippen LogP contribution in [0.25, 0.3) is 22.3 Å². The molecule has 0 bridgehead atoms. The SMILES string of the molecule is CC1(C#Cc2cnc(COc3cccc(-c4cc(F)c(Cc5nc6ccc(C(=O)O)cc6n5CC5CCO5)cc4F)n3)s2)COC1. The van der Waals surface area contributed by atoms with Gasteiger partial charge >= 0.3 is 5.97 Å². The van der Waals surface area contributed by atoms with Crippen molar-refractivity contribution in [2.45, 2.75) is 39.0 Å². The van der Waals surface area contributed by atoms with E-state index in [2.05, 4.69) is 33.7 Å². The summed E-state index contributed by atoms with van der Waals surface area (Å²) in [5.41, 5.74) is 1.49. The van der Waals surface area contributed by atoms with Gasteiger partial charge in [0.2, 0.25) is 5.88 Å². The topological polar surface area (TPSA) is 109 Å². The predicted molar refractivity (Wildman–Crippen MR) is 166 cm³/mol. The Labute approximate surface area is 266 Å². The number of benzene rings is 2. The maximum Gasteiger partial charge on any atom is 0.335 e. The zero-order chi connectivity index (χ0) is 31.8. The van der Waals surface area contributed by atoms with Gasteiger partial charge in [0.25, 0.3) is 0 Å². The highest BCUT2D eigenvalue weighted by atomic mass is 32.1. The summed E-state index contributed by atoms with van der Waals surface area (Å²) in [5.74, 6) is 4.77. The Morgan fingerprint density at radius 2 is 2.02 bits per heavy atom. The van der Waals surface area contributed by atoms with E-state index in [1.165, 1.54) is 17.4 Å². The van der Waals surface area contributed by atoms with Crippen molar-refractivity contribution >= 4 is 28.3 Å². The molecule has 2 aliphatic heterocycles. The van der Waals surface area contributed by atoms with Crippen LogP contribution in [-0.4, -0.2) is 56.5 Å². The van der Waals surface area contributed by atoms with Crippen LogP contribution in [0, 0.1) is 28.9 Å². The molecule has 1 unspecified atom stereocenters. The van der Waals surface area contributed by atoms with E-state index in [0.717, 1.165) is 23.4 Å². The summed E-state index contributed by atoms with van der Waals surface area (Å²) >= 11 is 1.42. The lowest BCUT2D eigenvalue weighted by molar-refractivity contribution is -0.0648. The third-order valence-corrected chi connectivity index (χ3v) is 8.85. The second kappa shape index (κ2) is 12.2. The molecule has 2 fully saturated rings. The van der Waals surface area contributed by atoms with Crippen LogP contribution < -0.4 is 4.74 Å². The van der Waals surface area contributed by atoms with Crippen molar-refractivity contribution in [3.8, 4) is 29.0 Å². The quantitative estimate of drug-likeness (QED) is 0.199. The second-order valence-corrected chi connectivity index (χ2v) is 12.7. The highest BCUT2D eigenvalue weighted by molar-refractivity contribution is 7.12. The van der Waals surface area contributed by atoms with E-state index < -0.39 is 17.6 Å². The first-order chi connectivity index (χ1) is 22.2. The molecule has 1 N–H and O–H groups in total. The number of imidazole rings is 1. The largest absolute Gasteiger partial charge is 0.478 e. The minimum atomic E-state index is -1.06. The highest BCUT2D eigenvalue weighted by Gasteiger charge is 2.31. The molecule has 0 spiro atoms. The lowest BCUT2D eigenvalue weighted by Gasteiger charge is -2.32. The van der Waals surface area contributed by atoms with Crippen LogP contribution in [0.5, 0.6) is 5.88 Å². The highest BCUT2D eigenvalue weighted by Crippen LogP contribution is 2.30. The minimum absolute atomic E-state index is 0.00336. The molecule has 2 aliphatic rings. The molecule has 9 nitrogen and oxygen atoms in total. The second-order valence-electron chi connectivity index (χ2n) is 11.6. The molecule has 0 saturated carbocycles. The Kier molecular flexibility index (Phi) is 7.98. The standard InChI is InChI=1S/C34H28F2N4O5S/c1-34(18-43-19-34)9-7-23-15-37-32(46-23)17-45-31-4-2-3-27(39-31)24-14-25(35)21(11-26(24)36)13-30-38-28-6-5-20(33(41)42)12-29(28)40(30)16-22-8-10-44-22/h2-6,11-12,14-15,22H,8,10,13,16-19H2,1H3,(H,41,42). The molecule has 3 aromatic heterocycles. The van der Waals surface area contributed by atoms with Crippen LogP contribution >= 0.6 is 11.3 Å². The van der Waals surface area contributed by atoms with Crippen LogP contribution in [-0.2, 0) is 29.0 Å². The molecule has 0 amide bonds. The Morgan fingerprint density at radius 1 is 1.17 bits per heavy atom. The number of halogens is 2. The van der Waals surface area contributed by atoms with Crippen molar-refractivity contribution in [2.75, 3.05) is 19.8 Å². The Hall–Kier alpha value is -4.70. The van der Waals surface area contributed by atoms with Crippen LogP contribution in [0.4, 0.5) is 8.78 Å². The number of hydrogen-bond acceptors (Lipinski definition) is 8. The molecule has 46 heavy (non-hydrogen) atoms. The molecule has 7 rings (SSSR count). The van der Waals surface area contributed by atoms with E-state index in [0.29, 0.717) is 48.2 Å². The van der Waals surface area contributed by atoms with E-state index in [-0.39, 0.29) is 52.8 Å². The zero-order valence-electron chi connectivity index (χ0n) is 24.8. The van der Waals surface area contributed by atoms with Gasteiger partial charge in [-0.2, -0.15) is 0 Å². The van der Waals surface area contributed by atoms with Gasteiger partial charge in [-0.15, -0.1) is 11.3 Å². The van der Waals surface area contributed by atoms with Gasteiger partial charge in [-0.05, 0) is 55.3 Å². The number of ether oxygens (including phenoxy) is 3. The fraction of sp³-hybridized carbons (Fsp3) is 0.294. The van der Waals surface area contributed by atoms with E-state index in [9.17, 15) is 9.90 Å². The molecule has 5 heterocycles. The summed E-state index contributed by atoms with van der Waals surface area (Å²) in [7, 11) is 0. The zero-order valence-corrected chi connectivity index (χ0v) is 25.6. The average molecular weight is 643 g/mol. The van der Waals surface area contributed by atoms with Crippen molar-refractivity contribution in [1.82, 2.24) is 19.5 Å². The van der Waals surface area contributed by atoms with Crippen molar-refractivity contribution in [3.05, 3.63) is 93.2 Å². The normalized spacial score (nSPS) is 16.7. The van der Waals surface area contributed by atoms with Crippen LogP contribution in [0.15, 0.2) is 54.7 Å². The van der Waals surface area contributed by atoms with E-state index >= 15 is 8.78 Å². The van der Waals surface area contributed by atoms with Gasteiger partial charge in [0.15, 0.2) is 0 Å². The monoisotopic (exact) mass is 642 g/mol. The number of carboxylic acids is 1. The van der Waals surface area contributed by atoms with Crippen molar-refractivity contribution in [2.24, 2.45) is 5.41 Å². The lowest BCUT2D eigenvalue weighted by Crippen LogP contribution is -2.38. The molecule has 0 radical (unpaired) electrons. The first-order valence-electron chi connectivity index (χ1n) is 14.7. The summed E-state index contributed by atoms with van der Waals surface area (Å²) in [5, 5.41) is 10.2. The van der Waals surface area contributed by atoms with Crippen molar-refractivity contribution < 1.29 is 32.9 Å². The van der Waals surface area contributed by atoms with Gasteiger partial charge < -0.3 is 23.9 Å². The fourth-order valence-electron chi connectivity index (χ4n) is 5.28. The summed E-state index contributed by atoms with van der Waals surface area (Å²) in [6, 6.07) is 11.8. The number of carbonyl (C=O) groups is 1. The summed E-state index contributed by atoms with van der Waals surface area (Å²) < 4.78 is 49.6. The number of thiazole rings is 1. The van der Waals surface area contributed by atoms with E-state index in [4.69, 9.17) is 14.2 Å². The number of pyridine rings is 1. The number of fused-ring (bicyclic) bond motifs is 1. The maximum atomic E-state index is 15.5. The van der Waals surface area contributed by atoms with Crippen LogP contribution in [0.2, 0.25) is 0 Å². The average Bonchev–Trinajstić information content (AvgIpc) is 3.61. The van der Waals surface area contributed by atoms with Gasteiger partial charge in [-0.25, -0.2) is 28.5 Å². The van der Waals surface area contributed by atoms with Gasteiger partial charge in [-0.1, -0.05) is 17.9 Å². The first kappa shape index (κ1) is 30.0. The number of carboxylic acid groups (broad SMARTS) is 1. The van der Waals surface area contributed by atoms with Crippen molar-refractivity contribution in [1.29, 1.82) is 0 Å². The van der Waals surface area contributed by atoms with Gasteiger partial charge in [0, 0.05) is 24.7 Å². The van der Waals surface area contributed by atoms with E-state index in [1.807, 2.05) is 4.57 Å². The molecule has 234 valence electrons. The Morgan fingerprint density at radius 3 is 2.76 bits per heavy atom. The van der Waals surface area contributed by atoms with Gasteiger partial charge in [-0.3, -0.25) is 0 Å². The Balaban J connectivity index is 1.09. The first-order valence-corrected chi connectivity index (χ1v) is 15.5. The lowest BCUT2D eigenvalue weighted by atomic mass is 9.90. The van der Waals surface area contributed by atoms with Gasteiger partial charge in [0.1, 0.15) is 29.1 Å². The summed E-state index contributed by atoms with van der Waals surface area (Å²) in [6.45, 7) is 4.53. The molecule has 2 aromatic carbocycles. The summed E-state index contributed by atoms with van der Waals surface area (Å²) in [4.78, 5) is 25.8. The maximum absolute atomic E-state index is 15.5. The molecule has 1 atom stereocenters. The molecule has 12 heteroatoms. The summed E-state index contributed by atoms with van der Waals surface area (Å²) in [6.07, 6.45) is 2.49. The molecule has 2 saturated heterocycles. The molecular formula is C34H28F2N4O5S. The molecular weight excluding hydrogens is 614 g/mol. The molecule has 0 aliphatic carbocycles. The van der Waals surface area contributed by atoms with Crippen LogP contribution in [0.1, 0.15) is 45.0 Å². The number of rotatable bonds is 9. The van der Waals surface area contributed by atoms with E-state index in [1.54, 1.807) is 36.5 Å². The van der Waals surface area contributed by atoms with Crippen LogP contribution in [0.3, 0.4) is 0 Å². The predicted octanol–water partition coefficient (Wildman–Crippen LogP) is 5.88. The van der Waals surface area contributed by atoms with Crippen molar-refractivity contribution in [3.63, 3.8) is 0 Å². The smallest absolute Gasteiger partial charge is 0.335 e. The Bertz CT molecular complexity index is 2020. The number of hydrogen-bond donors (Lipinski definition) is 1. The number of aromatic nitrogens is 4. The third-order valence-electron chi connectivity index (χ3n) is 7.96. The minimum Gasteiger partial charge on any atom is -0.478 e.